The second-order valence-electron chi connectivity index (χ2n) is 5.51. The van der Waals surface area contributed by atoms with Crippen molar-refractivity contribution >= 4 is 58.0 Å². The van der Waals surface area contributed by atoms with E-state index in [0.717, 1.165) is 18.2 Å². The Morgan fingerprint density at radius 2 is 1.76 bits per heavy atom. The highest BCUT2D eigenvalue weighted by Gasteiger charge is 2.35. The molecule has 0 saturated heterocycles. The van der Waals surface area contributed by atoms with Crippen molar-refractivity contribution in [2.24, 2.45) is 5.92 Å². The second-order valence-corrected chi connectivity index (χ2v) is 8.29. The molecule has 2 atom stereocenters. The molecular weight excluding hydrogens is 427 g/mol. The zero-order valence-electron chi connectivity index (χ0n) is 13.0. The van der Waals surface area contributed by atoms with Crippen LogP contribution in [0.1, 0.15) is 19.4 Å². The molecule has 0 aliphatic rings. The first-order chi connectivity index (χ1) is 11.2. The molecule has 1 amide bonds. The summed E-state index contributed by atoms with van der Waals surface area (Å²) in [6, 6.07) is 1.74. The van der Waals surface area contributed by atoms with Crippen molar-refractivity contribution < 1.29 is 23.1 Å². The molecule has 4 nitrogen and oxygen atoms in total. The molecule has 0 fully saturated rings. The first kappa shape index (κ1) is 22.4. The third-order valence-corrected chi connectivity index (χ3v) is 4.08. The number of carbonyl (C=O) groups is 1. The largest absolute Gasteiger partial charge is 0.416 e. The van der Waals surface area contributed by atoms with Crippen LogP contribution >= 0.6 is 46.4 Å². The maximum absolute atomic E-state index is 12.7. The summed E-state index contributed by atoms with van der Waals surface area (Å²) in [5.41, 5.74) is -0.799. The normalized spacial score (nSPS) is 15.0. The van der Waals surface area contributed by atoms with Crippen LogP contribution in [0.3, 0.4) is 0 Å². The first-order valence-corrected chi connectivity index (χ1v) is 8.43. The minimum atomic E-state index is -4.54. The van der Waals surface area contributed by atoms with Gasteiger partial charge in [-0.2, -0.15) is 13.2 Å². The van der Waals surface area contributed by atoms with Gasteiger partial charge in [-0.3, -0.25) is 4.79 Å². The molecule has 0 bridgehead atoms. The quantitative estimate of drug-likeness (QED) is 0.462. The Morgan fingerprint density at radius 1 is 1.20 bits per heavy atom. The molecule has 0 saturated carbocycles. The second kappa shape index (κ2) is 8.39. The van der Waals surface area contributed by atoms with Gasteiger partial charge in [0.1, 0.15) is 6.04 Å². The van der Waals surface area contributed by atoms with E-state index in [4.69, 9.17) is 46.4 Å². The van der Waals surface area contributed by atoms with Crippen molar-refractivity contribution in [2.45, 2.75) is 36.1 Å². The minimum absolute atomic E-state index is 0.117. The van der Waals surface area contributed by atoms with Crippen molar-refractivity contribution in [1.29, 1.82) is 0 Å². The van der Waals surface area contributed by atoms with Gasteiger partial charge in [0.2, 0.25) is 9.70 Å². The number of hydrogen-bond donors (Lipinski definition) is 3. The lowest BCUT2D eigenvalue weighted by Gasteiger charge is -2.27. The number of rotatable bonds is 5. The lowest BCUT2D eigenvalue weighted by molar-refractivity contribution is -0.137. The van der Waals surface area contributed by atoms with Crippen LogP contribution in [0.25, 0.3) is 0 Å². The van der Waals surface area contributed by atoms with E-state index in [1.54, 1.807) is 13.8 Å². The number of hydrogen-bond acceptors (Lipinski definition) is 3. The van der Waals surface area contributed by atoms with E-state index in [0.29, 0.717) is 0 Å². The van der Waals surface area contributed by atoms with E-state index in [1.807, 2.05) is 0 Å². The smallest absolute Gasteiger partial charge is 0.372 e. The number of alkyl halides is 6. The molecule has 0 aliphatic heterocycles. The zero-order chi connectivity index (χ0) is 19.6. The van der Waals surface area contributed by atoms with E-state index < -0.39 is 33.7 Å². The molecule has 0 unspecified atom stereocenters. The van der Waals surface area contributed by atoms with Gasteiger partial charge in [0.15, 0.2) is 6.23 Å². The number of halogens is 7. The molecule has 0 spiro atoms. The predicted octanol–water partition coefficient (Wildman–Crippen LogP) is 4.60. The summed E-state index contributed by atoms with van der Waals surface area (Å²) in [5, 5.41) is 14.3. The minimum Gasteiger partial charge on any atom is -0.372 e. The third-order valence-electron chi connectivity index (χ3n) is 3.15. The van der Waals surface area contributed by atoms with Crippen molar-refractivity contribution in [3.63, 3.8) is 0 Å². The molecule has 3 N–H and O–H groups in total. The fraction of sp³-hybridized carbons (Fsp3) is 0.500. The number of aliphatic hydroxyl groups excluding tert-OH is 1. The Labute approximate surface area is 162 Å². The van der Waals surface area contributed by atoms with Crippen LogP contribution < -0.4 is 10.6 Å². The molecule has 1 aromatic rings. The van der Waals surface area contributed by atoms with E-state index in [9.17, 15) is 23.1 Å². The fourth-order valence-electron chi connectivity index (χ4n) is 1.82. The Kier molecular flexibility index (Phi) is 7.53. The third kappa shape index (κ3) is 6.57. The zero-order valence-corrected chi connectivity index (χ0v) is 16.0. The maximum Gasteiger partial charge on any atom is 0.416 e. The fourth-order valence-corrected chi connectivity index (χ4v) is 2.22. The van der Waals surface area contributed by atoms with E-state index in [1.165, 1.54) is 0 Å². The topological polar surface area (TPSA) is 61.4 Å². The van der Waals surface area contributed by atoms with Gasteiger partial charge in [-0.25, -0.2) is 0 Å². The van der Waals surface area contributed by atoms with Gasteiger partial charge in [0.25, 0.3) is 0 Å². The highest BCUT2D eigenvalue weighted by molar-refractivity contribution is 6.68. The summed E-state index contributed by atoms with van der Waals surface area (Å²) in [7, 11) is 0. The summed E-state index contributed by atoms with van der Waals surface area (Å²) in [6.45, 7) is 3.36. The van der Waals surface area contributed by atoms with Crippen molar-refractivity contribution in [3.05, 3.63) is 28.8 Å². The molecule has 1 aromatic carbocycles. The summed E-state index contributed by atoms with van der Waals surface area (Å²) < 4.78 is 35.9. The van der Waals surface area contributed by atoms with Crippen LogP contribution in [0, 0.1) is 5.92 Å². The summed E-state index contributed by atoms with van der Waals surface area (Å²) in [4.78, 5) is 12.3. The Hall–Kier alpha value is -0.600. The first-order valence-electron chi connectivity index (χ1n) is 6.92. The summed E-state index contributed by atoms with van der Waals surface area (Å²) >= 11 is 22.3. The number of carbonyl (C=O) groups excluding carboxylic acids is 1. The summed E-state index contributed by atoms with van der Waals surface area (Å²) in [6.07, 6.45) is -6.30. The number of benzene rings is 1. The summed E-state index contributed by atoms with van der Waals surface area (Å²) in [5.74, 6) is -1.04. The highest BCUT2D eigenvalue weighted by atomic mass is 35.6. The molecule has 1 rings (SSSR count). The number of aliphatic hydroxyl groups is 1. The van der Waals surface area contributed by atoms with Crippen LogP contribution in [0.15, 0.2) is 18.2 Å². The van der Waals surface area contributed by atoms with Crippen LogP contribution in [-0.4, -0.2) is 27.1 Å². The lowest BCUT2D eigenvalue weighted by Crippen LogP contribution is -2.51. The van der Waals surface area contributed by atoms with Gasteiger partial charge in [0, 0.05) is 0 Å². The van der Waals surface area contributed by atoms with Crippen LogP contribution in [0.2, 0.25) is 5.02 Å². The molecule has 0 aliphatic carbocycles. The maximum atomic E-state index is 12.7. The van der Waals surface area contributed by atoms with E-state index in [2.05, 4.69) is 10.6 Å². The Balaban J connectivity index is 2.97. The average molecular weight is 442 g/mol. The molecule has 0 radical (unpaired) electrons. The average Bonchev–Trinajstić information content (AvgIpc) is 2.43. The van der Waals surface area contributed by atoms with Gasteiger partial charge in [-0.15, -0.1) is 0 Å². The number of nitrogens with one attached hydrogen (secondary N) is 2. The van der Waals surface area contributed by atoms with E-state index in [-0.39, 0.29) is 16.6 Å². The van der Waals surface area contributed by atoms with Crippen molar-refractivity contribution in [3.8, 4) is 0 Å². The monoisotopic (exact) mass is 440 g/mol. The lowest BCUT2D eigenvalue weighted by atomic mass is 10.0. The Morgan fingerprint density at radius 3 is 2.16 bits per heavy atom. The van der Waals surface area contributed by atoms with Gasteiger partial charge in [-0.1, -0.05) is 60.3 Å². The highest BCUT2D eigenvalue weighted by Crippen LogP contribution is 2.34. The van der Waals surface area contributed by atoms with E-state index >= 15 is 0 Å². The standard InChI is InChI=1S/C14H15Cl4F3N2O2/c1-6(2)10(11(24)23-12(25)13(16,17)18)22-9-4-3-7(5-8(9)15)14(19,20)21/h3-6,10,12,22,25H,1-2H3,(H,23,24)/t10-,12-/m0/s1. The molecule has 11 heteroatoms. The molecule has 0 aromatic heterocycles. The molecule has 0 heterocycles. The predicted molar refractivity (Wildman–Crippen MR) is 93.1 cm³/mol. The van der Waals surface area contributed by atoms with Gasteiger partial charge < -0.3 is 15.7 Å². The van der Waals surface area contributed by atoms with Gasteiger partial charge in [0.05, 0.1) is 16.3 Å². The number of anilines is 1. The Bertz CT molecular complexity index is 621. The van der Waals surface area contributed by atoms with Crippen molar-refractivity contribution in [1.82, 2.24) is 5.32 Å². The van der Waals surface area contributed by atoms with Gasteiger partial charge in [-0.05, 0) is 24.1 Å². The van der Waals surface area contributed by atoms with Crippen molar-refractivity contribution in [2.75, 3.05) is 5.32 Å². The number of amides is 1. The van der Waals surface area contributed by atoms with Gasteiger partial charge >= 0.3 is 6.18 Å². The molecule has 25 heavy (non-hydrogen) atoms. The van der Waals surface area contributed by atoms with Crippen LogP contribution in [0.4, 0.5) is 18.9 Å². The molecule has 142 valence electrons. The molecular formula is C14H15Cl4F3N2O2. The SMILES string of the molecule is CC(C)[C@H](Nc1ccc(C(F)(F)F)cc1Cl)C(=O)N[C@@H](O)C(Cl)(Cl)Cl. The van der Waals surface area contributed by atoms with Crippen LogP contribution in [0.5, 0.6) is 0 Å². The van der Waals surface area contributed by atoms with Crippen LogP contribution in [-0.2, 0) is 11.0 Å².